The lowest BCUT2D eigenvalue weighted by Crippen LogP contribution is -2.38. The molecule has 0 radical (unpaired) electrons. The fraction of sp³-hybridized carbons (Fsp3) is 0.692. The van der Waals surface area contributed by atoms with Crippen LogP contribution in [0.3, 0.4) is 0 Å². The van der Waals surface area contributed by atoms with E-state index >= 15 is 0 Å². The molecule has 6 heteroatoms. The van der Waals surface area contributed by atoms with Crippen LogP contribution < -0.4 is 0 Å². The van der Waals surface area contributed by atoms with Gasteiger partial charge in [0.2, 0.25) is 0 Å². The molecule has 0 aromatic carbocycles. The zero-order valence-electron chi connectivity index (χ0n) is 10.9. The number of carboxylic acids is 1. The van der Waals surface area contributed by atoms with E-state index in [0.717, 1.165) is 0 Å². The maximum Gasteiger partial charge on any atom is 0.312 e. The molecule has 2 heterocycles. The molecule has 1 fully saturated rings. The van der Waals surface area contributed by atoms with Crippen LogP contribution in [-0.4, -0.2) is 47.6 Å². The molecule has 6 nitrogen and oxygen atoms in total. The Morgan fingerprint density at radius 2 is 1.84 bits per heavy atom. The molecular formula is C13H18O6. The van der Waals surface area contributed by atoms with Crippen molar-refractivity contribution in [3.8, 4) is 0 Å². The number of aliphatic carboxylic acids is 1. The van der Waals surface area contributed by atoms with Crippen molar-refractivity contribution in [2.24, 2.45) is 17.3 Å². The van der Waals surface area contributed by atoms with Gasteiger partial charge in [0.05, 0.1) is 25.4 Å². The molecule has 4 atom stereocenters. The maximum atomic E-state index is 12.0. The van der Waals surface area contributed by atoms with E-state index < -0.39 is 41.4 Å². The first-order valence-corrected chi connectivity index (χ1v) is 6.20. The first kappa shape index (κ1) is 14.0. The van der Waals surface area contributed by atoms with Crippen molar-refractivity contribution in [1.82, 2.24) is 0 Å². The third-order valence-corrected chi connectivity index (χ3v) is 3.49. The van der Waals surface area contributed by atoms with Gasteiger partial charge in [0.1, 0.15) is 11.8 Å². The molecule has 2 rings (SSSR count). The lowest BCUT2D eigenvalue weighted by atomic mass is 9.83. The van der Waals surface area contributed by atoms with Gasteiger partial charge in [-0.05, 0) is 0 Å². The lowest BCUT2D eigenvalue weighted by molar-refractivity contribution is -0.159. The van der Waals surface area contributed by atoms with Gasteiger partial charge >= 0.3 is 11.9 Å². The summed E-state index contributed by atoms with van der Waals surface area (Å²) in [6, 6.07) is 0. The minimum absolute atomic E-state index is 0.0479. The van der Waals surface area contributed by atoms with Crippen molar-refractivity contribution in [3.63, 3.8) is 0 Å². The number of fused-ring (bicyclic) bond motifs is 2. The number of rotatable bonds is 5. The van der Waals surface area contributed by atoms with E-state index in [9.17, 15) is 9.59 Å². The quantitative estimate of drug-likeness (QED) is 0.547. The highest BCUT2D eigenvalue weighted by molar-refractivity contribution is 5.84. The molecule has 2 N–H and O–H groups in total. The second kappa shape index (κ2) is 4.94. The summed E-state index contributed by atoms with van der Waals surface area (Å²) in [6.07, 6.45) is 2.31. The smallest absolute Gasteiger partial charge is 0.312 e. The standard InChI is InChI=1S/C13H18O6/c1-13(2,5-14)6-18-12(17)10-8-4-3-7(19-8)9(10)11(15)16/h3-4,7-10,14H,5-6H2,1-2H3,(H,15,16). The Labute approximate surface area is 111 Å². The van der Waals surface area contributed by atoms with Gasteiger partial charge in [-0.2, -0.15) is 0 Å². The highest BCUT2D eigenvalue weighted by Gasteiger charge is 2.54. The summed E-state index contributed by atoms with van der Waals surface area (Å²) in [4.78, 5) is 23.2. The second-order valence-corrected chi connectivity index (χ2v) is 5.77. The highest BCUT2D eigenvalue weighted by atomic mass is 16.5. The second-order valence-electron chi connectivity index (χ2n) is 5.77. The highest BCUT2D eigenvalue weighted by Crippen LogP contribution is 2.40. The third-order valence-electron chi connectivity index (χ3n) is 3.49. The lowest BCUT2D eigenvalue weighted by Gasteiger charge is -2.24. The summed E-state index contributed by atoms with van der Waals surface area (Å²) >= 11 is 0. The number of carbonyl (C=O) groups excluding carboxylic acids is 1. The molecule has 106 valence electrons. The predicted molar refractivity (Wildman–Crippen MR) is 64.2 cm³/mol. The van der Waals surface area contributed by atoms with E-state index in [1.54, 1.807) is 26.0 Å². The van der Waals surface area contributed by atoms with Crippen molar-refractivity contribution in [3.05, 3.63) is 12.2 Å². The van der Waals surface area contributed by atoms with Crippen molar-refractivity contribution in [2.45, 2.75) is 26.1 Å². The molecular weight excluding hydrogens is 252 g/mol. The van der Waals surface area contributed by atoms with Crippen LogP contribution in [0.1, 0.15) is 13.8 Å². The molecule has 0 aliphatic carbocycles. The van der Waals surface area contributed by atoms with Crippen LogP contribution in [0.4, 0.5) is 0 Å². The van der Waals surface area contributed by atoms with Gasteiger partial charge in [-0.25, -0.2) is 0 Å². The molecule has 2 aliphatic rings. The number of esters is 1. The summed E-state index contributed by atoms with van der Waals surface area (Å²) in [5.74, 6) is -3.33. The summed E-state index contributed by atoms with van der Waals surface area (Å²) in [7, 11) is 0. The molecule has 0 aromatic rings. The normalized spacial score (nSPS) is 32.6. The summed E-state index contributed by atoms with van der Waals surface area (Å²) in [5, 5.41) is 18.3. The van der Waals surface area contributed by atoms with Crippen LogP contribution in [0.5, 0.6) is 0 Å². The van der Waals surface area contributed by atoms with Crippen molar-refractivity contribution in [2.75, 3.05) is 13.2 Å². The third kappa shape index (κ3) is 2.64. The Bertz CT molecular complexity index is 413. The average molecular weight is 270 g/mol. The Morgan fingerprint density at radius 1 is 1.26 bits per heavy atom. The Hall–Kier alpha value is -1.40. The first-order chi connectivity index (χ1) is 8.85. The number of hydrogen-bond acceptors (Lipinski definition) is 5. The maximum absolute atomic E-state index is 12.0. The predicted octanol–water partition coefficient (Wildman–Crippen LogP) is 0.202. The molecule has 0 amide bonds. The van der Waals surface area contributed by atoms with Crippen molar-refractivity contribution >= 4 is 11.9 Å². The zero-order valence-corrected chi connectivity index (χ0v) is 10.9. The van der Waals surface area contributed by atoms with Crippen LogP contribution in [0.2, 0.25) is 0 Å². The number of aliphatic hydroxyl groups excluding tert-OH is 1. The fourth-order valence-corrected chi connectivity index (χ4v) is 2.29. The largest absolute Gasteiger partial charge is 0.481 e. The van der Waals surface area contributed by atoms with Crippen molar-refractivity contribution < 1.29 is 29.3 Å². The molecule has 2 bridgehead atoms. The zero-order chi connectivity index (χ0) is 14.2. The van der Waals surface area contributed by atoms with E-state index in [1.807, 2.05) is 0 Å². The summed E-state index contributed by atoms with van der Waals surface area (Å²) in [6.45, 7) is 3.44. The van der Waals surface area contributed by atoms with Gasteiger partial charge in [0.15, 0.2) is 0 Å². The Kier molecular flexibility index (Phi) is 3.64. The van der Waals surface area contributed by atoms with Crippen LogP contribution in [0.25, 0.3) is 0 Å². The van der Waals surface area contributed by atoms with E-state index in [0.29, 0.717) is 0 Å². The molecule has 0 spiro atoms. The fourth-order valence-electron chi connectivity index (χ4n) is 2.29. The van der Waals surface area contributed by atoms with Gasteiger partial charge in [0.25, 0.3) is 0 Å². The molecule has 0 aromatic heterocycles. The van der Waals surface area contributed by atoms with Gasteiger partial charge in [0, 0.05) is 5.41 Å². The number of hydrogen-bond donors (Lipinski definition) is 2. The molecule has 19 heavy (non-hydrogen) atoms. The van der Waals surface area contributed by atoms with E-state index in [4.69, 9.17) is 19.7 Å². The molecule has 2 aliphatic heterocycles. The molecule has 4 unspecified atom stereocenters. The minimum Gasteiger partial charge on any atom is -0.481 e. The summed E-state index contributed by atoms with van der Waals surface area (Å²) < 4.78 is 10.5. The van der Waals surface area contributed by atoms with E-state index in [2.05, 4.69) is 0 Å². The number of ether oxygens (including phenoxy) is 2. The van der Waals surface area contributed by atoms with Crippen LogP contribution in [0.15, 0.2) is 12.2 Å². The van der Waals surface area contributed by atoms with Gasteiger partial charge in [-0.1, -0.05) is 26.0 Å². The number of carboxylic acid groups (broad SMARTS) is 1. The van der Waals surface area contributed by atoms with Gasteiger partial charge in [-0.3, -0.25) is 9.59 Å². The SMILES string of the molecule is CC(C)(CO)COC(=O)C1C2C=CC(O2)C1C(=O)O. The van der Waals surface area contributed by atoms with E-state index in [-0.39, 0.29) is 13.2 Å². The van der Waals surface area contributed by atoms with Gasteiger partial charge < -0.3 is 19.7 Å². The average Bonchev–Trinajstić information content (AvgIpc) is 2.95. The molecule has 0 saturated carbocycles. The van der Waals surface area contributed by atoms with Crippen LogP contribution in [0, 0.1) is 17.3 Å². The van der Waals surface area contributed by atoms with Crippen LogP contribution >= 0.6 is 0 Å². The number of carbonyl (C=O) groups is 2. The molecule has 1 saturated heterocycles. The topological polar surface area (TPSA) is 93.1 Å². The first-order valence-electron chi connectivity index (χ1n) is 6.20. The summed E-state index contributed by atoms with van der Waals surface area (Å²) in [5.41, 5.74) is -0.539. The Morgan fingerprint density at radius 3 is 2.37 bits per heavy atom. The Balaban J connectivity index is 2.02. The van der Waals surface area contributed by atoms with Crippen LogP contribution in [-0.2, 0) is 19.1 Å². The monoisotopic (exact) mass is 270 g/mol. The van der Waals surface area contributed by atoms with Gasteiger partial charge in [-0.15, -0.1) is 0 Å². The van der Waals surface area contributed by atoms with Crippen molar-refractivity contribution in [1.29, 1.82) is 0 Å². The van der Waals surface area contributed by atoms with E-state index in [1.165, 1.54) is 0 Å². The minimum atomic E-state index is -1.06. The number of aliphatic hydroxyl groups is 1.